The number of nitrogens with zero attached hydrogens (tertiary/aromatic N) is 3. The lowest BCUT2D eigenvalue weighted by Crippen LogP contribution is -2.48. The van der Waals surface area contributed by atoms with Gasteiger partial charge in [-0.25, -0.2) is 4.98 Å². The molecule has 0 saturated carbocycles. The van der Waals surface area contributed by atoms with Crippen molar-refractivity contribution in [3.63, 3.8) is 0 Å². The Morgan fingerprint density at radius 2 is 1.86 bits per heavy atom. The molecule has 0 aliphatic carbocycles. The van der Waals surface area contributed by atoms with Crippen LogP contribution in [0.1, 0.15) is 10.4 Å². The van der Waals surface area contributed by atoms with Crippen molar-refractivity contribution >= 4 is 48.5 Å². The molecule has 1 saturated heterocycles. The van der Waals surface area contributed by atoms with Crippen LogP contribution in [0.4, 0.5) is 5.13 Å². The van der Waals surface area contributed by atoms with Gasteiger partial charge in [-0.05, 0) is 36.4 Å². The van der Waals surface area contributed by atoms with Gasteiger partial charge in [0, 0.05) is 30.7 Å². The van der Waals surface area contributed by atoms with Crippen molar-refractivity contribution in [2.75, 3.05) is 45.3 Å². The molecule has 2 aromatic carbocycles. The maximum Gasteiger partial charge on any atom is 0.257 e. The van der Waals surface area contributed by atoms with E-state index in [0.29, 0.717) is 30.2 Å². The van der Waals surface area contributed by atoms with E-state index < -0.39 is 0 Å². The average molecular weight is 462 g/mol. The lowest BCUT2D eigenvalue weighted by Gasteiger charge is -2.34. The summed E-state index contributed by atoms with van der Waals surface area (Å²) in [4.78, 5) is 21.9. The van der Waals surface area contributed by atoms with Gasteiger partial charge in [-0.1, -0.05) is 27.3 Å². The number of thiazole rings is 1. The summed E-state index contributed by atoms with van der Waals surface area (Å²) in [5, 5.41) is 0.999. The predicted octanol–water partition coefficient (Wildman–Crippen LogP) is 4.04. The van der Waals surface area contributed by atoms with Crippen LogP contribution in [0.2, 0.25) is 0 Å². The largest absolute Gasteiger partial charge is 0.497 e. The molecule has 0 N–H and O–H groups in total. The number of methoxy groups -OCH3 is 2. The fraction of sp³-hybridized carbons (Fsp3) is 0.300. The van der Waals surface area contributed by atoms with E-state index in [-0.39, 0.29) is 5.91 Å². The van der Waals surface area contributed by atoms with Gasteiger partial charge in [-0.3, -0.25) is 4.79 Å². The Hall–Kier alpha value is -2.32. The van der Waals surface area contributed by atoms with Crippen molar-refractivity contribution < 1.29 is 14.3 Å². The monoisotopic (exact) mass is 461 g/mol. The molecule has 1 aromatic heterocycles. The van der Waals surface area contributed by atoms with Crippen LogP contribution in [0.25, 0.3) is 10.2 Å². The first-order valence-corrected chi connectivity index (χ1v) is 10.5. The molecule has 0 radical (unpaired) electrons. The zero-order valence-corrected chi connectivity index (χ0v) is 18.0. The van der Waals surface area contributed by atoms with E-state index in [2.05, 4.69) is 26.9 Å². The van der Waals surface area contributed by atoms with E-state index in [1.165, 1.54) is 0 Å². The van der Waals surface area contributed by atoms with Gasteiger partial charge in [0.1, 0.15) is 11.5 Å². The summed E-state index contributed by atoms with van der Waals surface area (Å²) in [6, 6.07) is 11.4. The summed E-state index contributed by atoms with van der Waals surface area (Å²) in [5.41, 5.74) is 1.53. The smallest absolute Gasteiger partial charge is 0.257 e. The van der Waals surface area contributed by atoms with Crippen LogP contribution in [-0.2, 0) is 0 Å². The molecule has 1 fully saturated rings. The third kappa shape index (κ3) is 3.66. The number of piperazine rings is 1. The summed E-state index contributed by atoms with van der Waals surface area (Å²) in [7, 11) is 3.16. The van der Waals surface area contributed by atoms with Crippen molar-refractivity contribution in [2.24, 2.45) is 0 Å². The number of halogens is 1. The van der Waals surface area contributed by atoms with Gasteiger partial charge in [0.25, 0.3) is 5.91 Å². The molecule has 0 atom stereocenters. The zero-order chi connectivity index (χ0) is 19.7. The molecule has 0 bridgehead atoms. The van der Waals surface area contributed by atoms with E-state index in [0.717, 1.165) is 32.9 Å². The normalized spacial score (nSPS) is 14.4. The van der Waals surface area contributed by atoms with Crippen LogP contribution in [0, 0.1) is 0 Å². The molecular weight excluding hydrogens is 442 g/mol. The van der Waals surface area contributed by atoms with Crippen molar-refractivity contribution in [3.8, 4) is 11.5 Å². The molecule has 1 aliphatic heterocycles. The lowest BCUT2D eigenvalue weighted by molar-refractivity contribution is 0.0743. The van der Waals surface area contributed by atoms with E-state index >= 15 is 0 Å². The summed E-state index contributed by atoms with van der Waals surface area (Å²) in [5.74, 6) is 1.16. The van der Waals surface area contributed by atoms with Gasteiger partial charge in [-0.15, -0.1) is 0 Å². The van der Waals surface area contributed by atoms with Gasteiger partial charge in [0.05, 0.1) is 30.0 Å². The number of ether oxygens (including phenoxy) is 2. The Morgan fingerprint density at radius 1 is 1.07 bits per heavy atom. The molecule has 2 heterocycles. The number of rotatable bonds is 4. The Morgan fingerprint density at radius 3 is 2.57 bits per heavy atom. The summed E-state index contributed by atoms with van der Waals surface area (Å²) < 4.78 is 12.8. The highest BCUT2D eigenvalue weighted by Gasteiger charge is 2.26. The lowest BCUT2D eigenvalue weighted by atomic mass is 10.1. The molecule has 6 nitrogen and oxygen atoms in total. The number of benzene rings is 2. The van der Waals surface area contributed by atoms with Crippen LogP contribution in [0.5, 0.6) is 11.5 Å². The van der Waals surface area contributed by atoms with Gasteiger partial charge in [-0.2, -0.15) is 0 Å². The first kappa shape index (κ1) is 19.0. The molecule has 0 spiro atoms. The Balaban J connectivity index is 1.48. The fourth-order valence-corrected chi connectivity index (χ4v) is 4.84. The number of fused-ring (bicyclic) bond motifs is 1. The van der Waals surface area contributed by atoms with Crippen LogP contribution >= 0.6 is 27.3 Å². The molecular formula is C20H20BrN3O3S. The van der Waals surface area contributed by atoms with Crippen molar-refractivity contribution in [2.45, 2.75) is 0 Å². The van der Waals surface area contributed by atoms with Crippen molar-refractivity contribution in [3.05, 3.63) is 46.4 Å². The van der Waals surface area contributed by atoms with E-state index in [9.17, 15) is 4.79 Å². The van der Waals surface area contributed by atoms with Gasteiger partial charge >= 0.3 is 0 Å². The second kappa shape index (κ2) is 7.97. The topological polar surface area (TPSA) is 54.9 Å². The average Bonchev–Trinajstić information content (AvgIpc) is 3.16. The number of hydrogen-bond donors (Lipinski definition) is 0. The molecule has 146 valence electrons. The minimum absolute atomic E-state index is 0.0383. The second-order valence-corrected chi connectivity index (χ2v) is 8.38. The van der Waals surface area contributed by atoms with E-state index in [1.54, 1.807) is 43.8 Å². The maximum absolute atomic E-state index is 13.0. The summed E-state index contributed by atoms with van der Waals surface area (Å²) >= 11 is 5.19. The van der Waals surface area contributed by atoms with Gasteiger partial charge < -0.3 is 19.3 Å². The Labute approximate surface area is 175 Å². The Bertz CT molecular complexity index is 1020. The first-order chi connectivity index (χ1) is 13.6. The maximum atomic E-state index is 13.0. The third-order valence-electron chi connectivity index (χ3n) is 4.81. The van der Waals surface area contributed by atoms with Crippen LogP contribution in [0.15, 0.2) is 40.9 Å². The highest BCUT2D eigenvalue weighted by molar-refractivity contribution is 9.10. The molecule has 1 aliphatic rings. The van der Waals surface area contributed by atoms with Crippen LogP contribution in [0.3, 0.4) is 0 Å². The number of carbonyl (C=O) groups is 1. The summed E-state index contributed by atoms with van der Waals surface area (Å²) in [6.45, 7) is 2.77. The molecule has 4 rings (SSSR count). The van der Waals surface area contributed by atoms with Crippen molar-refractivity contribution in [1.82, 2.24) is 9.88 Å². The van der Waals surface area contributed by atoms with E-state index in [4.69, 9.17) is 14.5 Å². The van der Waals surface area contributed by atoms with E-state index in [1.807, 2.05) is 17.0 Å². The predicted molar refractivity (Wildman–Crippen MR) is 115 cm³/mol. The second-order valence-electron chi connectivity index (χ2n) is 6.45. The molecule has 3 aromatic rings. The van der Waals surface area contributed by atoms with Crippen LogP contribution < -0.4 is 14.4 Å². The highest BCUT2D eigenvalue weighted by Crippen LogP contribution is 2.32. The molecule has 1 amide bonds. The Kier molecular flexibility index (Phi) is 5.41. The van der Waals surface area contributed by atoms with Gasteiger partial charge in [0.2, 0.25) is 0 Å². The van der Waals surface area contributed by atoms with Gasteiger partial charge in [0.15, 0.2) is 5.13 Å². The van der Waals surface area contributed by atoms with Crippen LogP contribution in [-0.4, -0.2) is 56.2 Å². The molecule has 8 heteroatoms. The zero-order valence-electron chi connectivity index (χ0n) is 15.6. The third-order valence-corrected chi connectivity index (χ3v) is 6.39. The number of carbonyl (C=O) groups excluding carboxylic acids is 1. The first-order valence-electron chi connectivity index (χ1n) is 8.91. The minimum Gasteiger partial charge on any atom is -0.497 e. The SMILES string of the molecule is COc1ccc(OC)c(C(=O)N2CCN(c3nc4ccc(Br)cc4s3)CC2)c1. The number of anilines is 1. The standard InChI is InChI=1S/C20H20BrN3O3S/c1-26-14-4-6-17(27-2)15(12-14)19(25)23-7-9-24(10-8-23)20-22-16-5-3-13(21)11-18(16)28-20/h3-6,11-12H,7-10H2,1-2H3. The molecule has 28 heavy (non-hydrogen) atoms. The number of hydrogen-bond acceptors (Lipinski definition) is 6. The number of amides is 1. The fourth-order valence-electron chi connectivity index (χ4n) is 3.27. The number of aromatic nitrogens is 1. The summed E-state index contributed by atoms with van der Waals surface area (Å²) in [6.07, 6.45) is 0. The van der Waals surface area contributed by atoms with Crippen molar-refractivity contribution in [1.29, 1.82) is 0 Å². The highest BCUT2D eigenvalue weighted by atomic mass is 79.9. The molecule has 0 unspecified atom stereocenters. The quantitative estimate of drug-likeness (QED) is 0.586. The minimum atomic E-state index is -0.0383.